The van der Waals surface area contributed by atoms with Crippen molar-refractivity contribution in [3.05, 3.63) is 5.28 Å². The van der Waals surface area contributed by atoms with Crippen molar-refractivity contribution in [2.75, 3.05) is 43.2 Å². The van der Waals surface area contributed by atoms with Crippen LogP contribution in [-0.4, -0.2) is 66.6 Å². The minimum atomic E-state index is 0.205. The molecule has 22 heavy (non-hydrogen) atoms. The number of anilines is 2. The molecule has 3 rings (SSSR count). The van der Waals surface area contributed by atoms with E-state index in [-0.39, 0.29) is 17.4 Å². The number of nitrogens with zero attached hydrogens (tertiary/aromatic N) is 5. The fraction of sp³-hybridized carbons (Fsp3) is 0.786. The fourth-order valence-electron chi connectivity index (χ4n) is 3.04. The molecule has 3 heterocycles. The summed E-state index contributed by atoms with van der Waals surface area (Å²) in [7, 11) is 1.74. The molecule has 0 aromatic carbocycles. The molecular weight excluding hydrogens is 306 g/mol. The summed E-state index contributed by atoms with van der Waals surface area (Å²) in [6.45, 7) is 7.12. The molecule has 2 aliphatic rings. The van der Waals surface area contributed by atoms with Crippen LogP contribution in [0.3, 0.4) is 0 Å². The van der Waals surface area contributed by atoms with E-state index in [2.05, 4.69) is 38.6 Å². The highest BCUT2D eigenvalue weighted by molar-refractivity contribution is 6.28. The second kappa shape index (κ2) is 6.52. The number of hydrogen-bond donors (Lipinski definition) is 0. The van der Waals surface area contributed by atoms with Crippen LogP contribution in [0, 0.1) is 0 Å². The van der Waals surface area contributed by atoms with Crippen LogP contribution in [-0.2, 0) is 9.47 Å². The molecule has 2 saturated heterocycles. The standard InChI is InChI=1S/C14H22ClN5O2/c1-9-6-11(21-3)7-20(9)14-17-12(15)16-13(18-14)19-4-5-22-8-10(19)2/h9-11H,4-8H2,1-3H3/t9-,10-,11+/m1/s1. The second-order valence-corrected chi connectivity index (χ2v) is 6.25. The summed E-state index contributed by atoms with van der Waals surface area (Å²) >= 11 is 6.14. The molecular formula is C14H22ClN5O2. The molecule has 0 bridgehead atoms. The van der Waals surface area contributed by atoms with Crippen molar-refractivity contribution < 1.29 is 9.47 Å². The van der Waals surface area contributed by atoms with Gasteiger partial charge in [0.2, 0.25) is 17.2 Å². The predicted octanol–water partition coefficient (Wildman–Crippen LogP) is 1.36. The van der Waals surface area contributed by atoms with Crippen molar-refractivity contribution >= 4 is 23.5 Å². The van der Waals surface area contributed by atoms with E-state index in [1.807, 2.05) is 0 Å². The number of rotatable bonds is 3. The van der Waals surface area contributed by atoms with Gasteiger partial charge < -0.3 is 19.3 Å². The maximum absolute atomic E-state index is 6.14. The second-order valence-electron chi connectivity index (χ2n) is 5.92. The zero-order valence-electron chi connectivity index (χ0n) is 13.2. The Morgan fingerprint density at radius 2 is 1.86 bits per heavy atom. The van der Waals surface area contributed by atoms with E-state index in [1.54, 1.807) is 7.11 Å². The quantitative estimate of drug-likeness (QED) is 0.830. The smallest absolute Gasteiger partial charge is 0.231 e. The first-order chi connectivity index (χ1) is 10.6. The molecule has 0 aliphatic carbocycles. The van der Waals surface area contributed by atoms with Gasteiger partial charge >= 0.3 is 0 Å². The average Bonchev–Trinajstić information content (AvgIpc) is 2.88. The molecule has 3 atom stereocenters. The molecule has 0 amide bonds. The van der Waals surface area contributed by atoms with Crippen LogP contribution in [0.2, 0.25) is 5.28 Å². The third-order valence-electron chi connectivity index (χ3n) is 4.34. The fourth-order valence-corrected chi connectivity index (χ4v) is 3.19. The molecule has 0 saturated carbocycles. The van der Waals surface area contributed by atoms with Crippen LogP contribution in [0.25, 0.3) is 0 Å². The van der Waals surface area contributed by atoms with Crippen LogP contribution in [0.5, 0.6) is 0 Å². The Hall–Kier alpha value is -1.18. The zero-order valence-corrected chi connectivity index (χ0v) is 14.0. The van der Waals surface area contributed by atoms with Gasteiger partial charge in [-0.05, 0) is 31.9 Å². The highest BCUT2D eigenvalue weighted by atomic mass is 35.5. The first kappa shape index (κ1) is 15.7. The Bertz CT molecular complexity index is 532. The summed E-state index contributed by atoms with van der Waals surface area (Å²) in [5, 5.41) is 0.228. The summed E-state index contributed by atoms with van der Waals surface area (Å²) in [6.07, 6.45) is 1.17. The largest absolute Gasteiger partial charge is 0.380 e. The maximum Gasteiger partial charge on any atom is 0.231 e. The van der Waals surface area contributed by atoms with Crippen LogP contribution in [0.4, 0.5) is 11.9 Å². The predicted molar refractivity (Wildman–Crippen MR) is 84.7 cm³/mol. The normalized spacial score (nSPS) is 29.2. The maximum atomic E-state index is 6.14. The third-order valence-corrected chi connectivity index (χ3v) is 4.50. The Kier molecular flexibility index (Phi) is 4.65. The van der Waals surface area contributed by atoms with Crippen LogP contribution in [0.15, 0.2) is 0 Å². The van der Waals surface area contributed by atoms with Crippen molar-refractivity contribution in [1.29, 1.82) is 0 Å². The highest BCUT2D eigenvalue weighted by Crippen LogP contribution is 2.26. The topological polar surface area (TPSA) is 63.6 Å². The highest BCUT2D eigenvalue weighted by Gasteiger charge is 2.32. The van der Waals surface area contributed by atoms with E-state index in [9.17, 15) is 0 Å². The SMILES string of the molecule is CO[C@H]1C[C@@H](C)N(c2nc(Cl)nc(N3CCOC[C@H]3C)n2)C1. The van der Waals surface area contributed by atoms with Gasteiger partial charge in [0, 0.05) is 26.2 Å². The van der Waals surface area contributed by atoms with E-state index in [0.29, 0.717) is 31.2 Å². The summed E-state index contributed by atoms with van der Waals surface area (Å²) < 4.78 is 10.9. The lowest BCUT2D eigenvalue weighted by molar-refractivity contribution is 0.0980. The van der Waals surface area contributed by atoms with E-state index >= 15 is 0 Å². The van der Waals surface area contributed by atoms with Gasteiger partial charge in [-0.15, -0.1) is 0 Å². The lowest BCUT2D eigenvalue weighted by Gasteiger charge is -2.33. The van der Waals surface area contributed by atoms with E-state index < -0.39 is 0 Å². The lowest BCUT2D eigenvalue weighted by Crippen LogP contribution is -2.45. The Morgan fingerprint density at radius 1 is 1.14 bits per heavy atom. The zero-order chi connectivity index (χ0) is 15.7. The monoisotopic (exact) mass is 327 g/mol. The first-order valence-electron chi connectivity index (χ1n) is 7.64. The molecule has 1 aromatic rings. The lowest BCUT2D eigenvalue weighted by atomic mass is 10.2. The summed E-state index contributed by atoms with van der Waals surface area (Å²) in [5.74, 6) is 1.25. The molecule has 2 aliphatic heterocycles. The van der Waals surface area contributed by atoms with Crippen LogP contribution < -0.4 is 9.80 Å². The van der Waals surface area contributed by atoms with E-state index in [1.165, 1.54) is 0 Å². The Morgan fingerprint density at radius 3 is 2.50 bits per heavy atom. The molecule has 0 N–H and O–H groups in total. The van der Waals surface area contributed by atoms with Crippen LogP contribution in [0.1, 0.15) is 20.3 Å². The van der Waals surface area contributed by atoms with Gasteiger partial charge in [-0.3, -0.25) is 0 Å². The Labute approximate surface area is 135 Å². The number of hydrogen-bond acceptors (Lipinski definition) is 7. The van der Waals surface area contributed by atoms with Gasteiger partial charge in [0.05, 0.1) is 25.4 Å². The van der Waals surface area contributed by atoms with Gasteiger partial charge in [-0.1, -0.05) is 0 Å². The summed E-state index contributed by atoms with van der Waals surface area (Å²) in [6, 6.07) is 0.543. The number of methoxy groups -OCH3 is 1. The molecule has 0 spiro atoms. The van der Waals surface area contributed by atoms with Crippen molar-refractivity contribution in [3.63, 3.8) is 0 Å². The third kappa shape index (κ3) is 3.11. The van der Waals surface area contributed by atoms with E-state index in [0.717, 1.165) is 19.5 Å². The summed E-state index contributed by atoms with van der Waals surface area (Å²) in [5.41, 5.74) is 0. The first-order valence-corrected chi connectivity index (χ1v) is 8.01. The Balaban J connectivity index is 1.86. The molecule has 122 valence electrons. The van der Waals surface area contributed by atoms with Crippen molar-refractivity contribution in [2.24, 2.45) is 0 Å². The average molecular weight is 328 g/mol. The number of aromatic nitrogens is 3. The van der Waals surface area contributed by atoms with Gasteiger partial charge in [-0.25, -0.2) is 0 Å². The minimum Gasteiger partial charge on any atom is -0.380 e. The molecule has 0 unspecified atom stereocenters. The molecule has 7 nitrogen and oxygen atoms in total. The number of morpholine rings is 1. The minimum absolute atomic E-state index is 0.205. The molecule has 2 fully saturated rings. The molecule has 8 heteroatoms. The van der Waals surface area contributed by atoms with Crippen molar-refractivity contribution in [3.8, 4) is 0 Å². The number of ether oxygens (including phenoxy) is 2. The van der Waals surface area contributed by atoms with Gasteiger partial charge in [-0.2, -0.15) is 15.0 Å². The molecule has 0 radical (unpaired) electrons. The van der Waals surface area contributed by atoms with Gasteiger partial charge in [0.1, 0.15) is 0 Å². The van der Waals surface area contributed by atoms with Crippen molar-refractivity contribution in [2.45, 2.75) is 38.5 Å². The van der Waals surface area contributed by atoms with E-state index in [4.69, 9.17) is 21.1 Å². The van der Waals surface area contributed by atoms with Gasteiger partial charge in [0.25, 0.3) is 0 Å². The van der Waals surface area contributed by atoms with Crippen LogP contribution >= 0.6 is 11.6 Å². The molecule has 1 aromatic heterocycles. The summed E-state index contributed by atoms with van der Waals surface area (Å²) in [4.78, 5) is 17.5. The number of halogens is 1. The van der Waals surface area contributed by atoms with Gasteiger partial charge in [0.15, 0.2) is 0 Å². The van der Waals surface area contributed by atoms with Crippen molar-refractivity contribution in [1.82, 2.24) is 15.0 Å².